The van der Waals surface area contributed by atoms with Gasteiger partial charge in [-0.05, 0) is 57.8 Å². The zero-order chi connectivity index (χ0) is 39.9. The third kappa shape index (κ3) is 41.4. The number of phosphoric ester groups is 1. The lowest BCUT2D eigenvalue weighted by atomic mass is 10.1. The number of hydrogen-bond acceptors (Lipinski definition) is 7. The largest absolute Gasteiger partial charge is 0.756 e. The van der Waals surface area contributed by atoms with Gasteiger partial charge in [-0.3, -0.25) is 9.36 Å². The van der Waals surface area contributed by atoms with Gasteiger partial charge in [0.05, 0.1) is 34.4 Å². The van der Waals surface area contributed by atoms with Crippen LogP contribution in [0.15, 0.2) is 60.8 Å². The van der Waals surface area contributed by atoms with Crippen LogP contribution >= 0.6 is 7.82 Å². The van der Waals surface area contributed by atoms with Gasteiger partial charge >= 0.3 is 5.97 Å². The molecule has 0 aliphatic heterocycles. The van der Waals surface area contributed by atoms with Gasteiger partial charge in [0, 0.05) is 13.0 Å². The Hall–Kier alpha value is -1.80. The lowest BCUT2D eigenvalue weighted by Crippen LogP contribution is -2.37. The van der Waals surface area contributed by atoms with Crippen LogP contribution in [0, 0.1) is 0 Å². The molecule has 0 heterocycles. The average Bonchev–Trinajstić information content (AvgIpc) is 3.12. The van der Waals surface area contributed by atoms with Gasteiger partial charge in [0.25, 0.3) is 7.82 Å². The smallest absolute Gasteiger partial charge is 0.306 e. The number of ether oxygens (including phenoxy) is 2. The van der Waals surface area contributed by atoms with Crippen LogP contribution in [0.1, 0.15) is 162 Å². The molecule has 9 heteroatoms. The van der Waals surface area contributed by atoms with Crippen molar-refractivity contribution in [2.24, 2.45) is 0 Å². The predicted molar refractivity (Wildman–Crippen MR) is 226 cm³/mol. The van der Waals surface area contributed by atoms with Gasteiger partial charge in [0.2, 0.25) is 0 Å². The number of esters is 1. The summed E-state index contributed by atoms with van der Waals surface area (Å²) >= 11 is 0. The van der Waals surface area contributed by atoms with Gasteiger partial charge in [-0.2, -0.15) is 0 Å². The highest BCUT2D eigenvalue weighted by Crippen LogP contribution is 2.38. The fourth-order valence-corrected chi connectivity index (χ4v) is 6.24. The average molecular weight is 780 g/mol. The van der Waals surface area contributed by atoms with Gasteiger partial charge in [-0.15, -0.1) is 0 Å². The van der Waals surface area contributed by atoms with E-state index in [0.29, 0.717) is 24.1 Å². The van der Waals surface area contributed by atoms with Crippen LogP contribution < -0.4 is 4.89 Å². The van der Waals surface area contributed by atoms with Crippen LogP contribution in [-0.4, -0.2) is 70.7 Å². The summed E-state index contributed by atoms with van der Waals surface area (Å²) in [6, 6.07) is 0. The van der Waals surface area contributed by atoms with Crippen LogP contribution in [0.3, 0.4) is 0 Å². The Bertz CT molecular complexity index is 1050. The first-order valence-corrected chi connectivity index (χ1v) is 23.0. The molecule has 0 fully saturated rings. The normalized spacial score (nSPS) is 14.4. The minimum absolute atomic E-state index is 0.0220. The maximum atomic E-state index is 12.6. The van der Waals surface area contributed by atoms with Gasteiger partial charge in [-0.1, -0.05) is 158 Å². The van der Waals surface area contributed by atoms with E-state index in [1.54, 1.807) is 0 Å². The molecule has 0 aliphatic carbocycles. The zero-order valence-corrected chi connectivity index (χ0v) is 36.3. The van der Waals surface area contributed by atoms with E-state index < -0.39 is 13.9 Å². The van der Waals surface area contributed by atoms with E-state index >= 15 is 0 Å². The quantitative estimate of drug-likeness (QED) is 0.0202. The molecule has 2 unspecified atom stereocenters. The highest BCUT2D eigenvalue weighted by atomic mass is 31.2. The highest BCUT2D eigenvalue weighted by molar-refractivity contribution is 7.45. The fourth-order valence-electron chi connectivity index (χ4n) is 5.51. The van der Waals surface area contributed by atoms with E-state index in [2.05, 4.69) is 74.6 Å². The Balaban J connectivity index is 4.18. The maximum absolute atomic E-state index is 12.6. The molecule has 0 saturated carbocycles. The second-order valence-corrected chi connectivity index (χ2v) is 16.7. The molecule has 2 atom stereocenters. The van der Waals surface area contributed by atoms with Crippen molar-refractivity contribution in [1.82, 2.24) is 0 Å². The number of unbranched alkanes of at least 4 members (excludes halogenated alkanes) is 15. The third-order valence-corrected chi connectivity index (χ3v) is 9.80. The molecule has 0 aromatic carbocycles. The first-order chi connectivity index (χ1) is 26.1. The van der Waals surface area contributed by atoms with Crippen molar-refractivity contribution >= 4 is 13.8 Å². The predicted octanol–water partition coefficient (Wildman–Crippen LogP) is 11.9. The summed E-state index contributed by atoms with van der Waals surface area (Å²) in [6.45, 7) is 5.26. The maximum Gasteiger partial charge on any atom is 0.306 e. The zero-order valence-electron chi connectivity index (χ0n) is 35.4. The number of quaternary nitrogens is 1. The molecule has 54 heavy (non-hydrogen) atoms. The summed E-state index contributed by atoms with van der Waals surface area (Å²) in [7, 11) is 1.34. The summed E-state index contributed by atoms with van der Waals surface area (Å²) in [5.74, 6) is -0.348. The minimum atomic E-state index is -4.52. The number of allylic oxidation sites excluding steroid dienone is 10. The van der Waals surface area contributed by atoms with Crippen LogP contribution in [0.4, 0.5) is 0 Å². The molecule has 0 N–H and O–H groups in total. The number of carbonyl (C=O) groups excluding carboxylic acids is 1. The summed E-state index contributed by atoms with van der Waals surface area (Å²) < 4.78 is 34.5. The van der Waals surface area contributed by atoms with Crippen LogP contribution in [0.2, 0.25) is 0 Å². The van der Waals surface area contributed by atoms with Crippen LogP contribution in [0.25, 0.3) is 0 Å². The Morgan fingerprint density at radius 2 is 1.07 bits per heavy atom. The molecule has 314 valence electrons. The van der Waals surface area contributed by atoms with Gasteiger partial charge in [0.1, 0.15) is 19.3 Å². The molecular formula is C45H82NO7P. The van der Waals surface area contributed by atoms with E-state index in [-0.39, 0.29) is 25.8 Å². The molecule has 8 nitrogen and oxygen atoms in total. The number of hydrogen-bond donors (Lipinski definition) is 0. The third-order valence-electron chi connectivity index (χ3n) is 8.83. The van der Waals surface area contributed by atoms with Gasteiger partial charge in [0.15, 0.2) is 0 Å². The van der Waals surface area contributed by atoms with E-state index in [9.17, 15) is 14.3 Å². The summed E-state index contributed by atoms with van der Waals surface area (Å²) in [5.41, 5.74) is 0. The Labute approximate surface area is 332 Å². The fraction of sp³-hybridized carbons (Fsp3) is 0.756. The van der Waals surface area contributed by atoms with E-state index in [4.69, 9.17) is 18.5 Å². The lowest BCUT2D eigenvalue weighted by molar-refractivity contribution is -0.870. The van der Waals surface area contributed by atoms with E-state index in [0.717, 1.165) is 77.0 Å². The first kappa shape index (κ1) is 52.2. The Kier molecular flexibility index (Phi) is 36.8. The Morgan fingerprint density at radius 1 is 0.593 bits per heavy atom. The lowest BCUT2D eigenvalue weighted by Gasteiger charge is -2.28. The standard InChI is InChI=1S/C45H82NO7P/c1-6-8-10-12-14-16-17-18-19-20-21-22-23-24-25-26-27-28-29-30-32-34-36-38-45(47)53-44(43-52-54(48,49)51-41-39-46(3,4)5)42-50-40-37-35-33-31-15-13-11-9-7-2/h8,10,14,16,18-19,21-22,24-25,44H,6-7,9,11-13,15,17,20,23,26-43H2,1-5H3/b10-8-,16-14-,19-18-,22-21-,25-24-. The molecule has 0 aromatic rings. The summed E-state index contributed by atoms with van der Waals surface area (Å²) in [5, 5.41) is 0. The van der Waals surface area contributed by atoms with E-state index in [1.165, 1.54) is 64.2 Å². The number of rotatable bonds is 39. The molecule has 0 rings (SSSR count). The second-order valence-electron chi connectivity index (χ2n) is 15.3. The molecule has 0 saturated heterocycles. The SMILES string of the molecule is CC/C=C\C/C=C\C/C=C\C/C=C\C/C=C\CCCCCCCCCC(=O)OC(COCCCCCCCCCCC)COP(=O)([O-])OCC[N+](C)(C)C. The molecule has 0 radical (unpaired) electrons. The minimum Gasteiger partial charge on any atom is -0.756 e. The monoisotopic (exact) mass is 780 g/mol. The molecule has 0 amide bonds. The van der Waals surface area contributed by atoms with Crippen molar-refractivity contribution in [2.45, 2.75) is 168 Å². The van der Waals surface area contributed by atoms with Crippen LogP contribution in [0.5, 0.6) is 0 Å². The molecule has 0 bridgehead atoms. The van der Waals surface area contributed by atoms with Crippen molar-refractivity contribution in [1.29, 1.82) is 0 Å². The molecule has 0 spiro atoms. The number of likely N-dealkylation sites (N-methyl/N-ethyl adjacent to an activating group) is 1. The highest BCUT2D eigenvalue weighted by Gasteiger charge is 2.20. The number of carbonyl (C=O) groups is 1. The van der Waals surface area contributed by atoms with Gasteiger partial charge < -0.3 is 27.9 Å². The number of phosphoric acid groups is 1. The van der Waals surface area contributed by atoms with Crippen molar-refractivity contribution in [3.8, 4) is 0 Å². The molecule has 0 aliphatic rings. The van der Waals surface area contributed by atoms with Crippen molar-refractivity contribution in [3.05, 3.63) is 60.8 Å². The summed E-state index contributed by atoms with van der Waals surface area (Å²) in [6.07, 6.45) is 46.6. The number of nitrogens with zero attached hydrogens (tertiary/aromatic N) is 1. The van der Waals surface area contributed by atoms with Crippen LogP contribution in [-0.2, 0) is 27.9 Å². The summed E-state index contributed by atoms with van der Waals surface area (Å²) in [4.78, 5) is 25.0. The van der Waals surface area contributed by atoms with Crippen molar-refractivity contribution in [3.63, 3.8) is 0 Å². The van der Waals surface area contributed by atoms with Crippen molar-refractivity contribution < 1.29 is 37.3 Å². The Morgan fingerprint density at radius 3 is 1.61 bits per heavy atom. The second kappa shape index (κ2) is 38.1. The molecular weight excluding hydrogens is 697 g/mol. The van der Waals surface area contributed by atoms with E-state index in [1.807, 2.05) is 21.1 Å². The first-order valence-electron chi connectivity index (χ1n) is 21.5. The topological polar surface area (TPSA) is 94.1 Å². The van der Waals surface area contributed by atoms with Gasteiger partial charge in [-0.25, -0.2) is 0 Å². The van der Waals surface area contributed by atoms with Crippen molar-refractivity contribution in [2.75, 3.05) is 54.1 Å². The molecule has 0 aromatic heterocycles.